The fraction of sp³-hybridized carbons (Fsp3) is 0.583. The van der Waals surface area contributed by atoms with Crippen molar-refractivity contribution in [3.63, 3.8) is 0 Å². The molecular weight excluding hydrogens is 434 g/mol. The Kier molecular flexibility index (Phi) is 7.05. The molecule has 1 atom stereocenters. The van der Waals surface area contributed by atoms with Gasteiger partial charge in [0.05, 0.1) is 5.52 Å². The van der Waals surface area contributed by atoms with Crippen LogP contribution in [0.25, 0.3) is 22.6 Å². The Hall–Kier alpha value is -3.16. The Morgan fingerprint density at radius 1 is 1.26 bits per heavy atom. The molecule has 3 heterocycles. The van der Waals surface area contributed by atoms with E-state index >= 15 is 0 Å². The van der Waals surface area contributed by atoms with Gasteiger partial charge < -0.3 is 25.9 Å². The van der Waals surface area contributed by atoms with Crippen molar-refractivity contribution in [1.29, 1.82) is 0 Å². The Balaban J connectivity index is 1.83. The smallest absolute Gasteiger partial charge is 0.216 e. The van der Waals surface area contributed by atoms with Crippen LogP contribution in [-0.2, 0) is 6.54 Å². The van der Waals surface area contributed by atoms with Gasteiger partial charge in [-0.25, -0.2) is 14.6 Å². The zero-order valence-corrected chi connectivity index (χ0v) is 20.0. The van der Waals surface area contributed by atoms with Gasteiger partial charge in [-0.1, -0.05) is 25.2 Å². The zero-order chi connectivity index (χ0) is 24.3. The summed E-state index contributed by atoms with van der Waals surface area (Å²) >= 11 is 0. The number of nitrogens with two attached hydrogens (primary N) is 2. The van der Waals surface area contributed by atoms with E-state index in [-0.39, 0.29) is 11.9 Å². The van der Waals surface area contributed by atoms with Gasteiger partial charge in [-0.2, -0.15) is 0 Å². The van der Waals surface area contributed by atoms with Crippen LogP contribution >= 0.6 is 0 Å². The molecule has 0 radical (unpaired) electrons. The molecule has 34 heavy (non-hydrogen) atoms. The molecule has 0 saturated heterocycles. The maximum atomic E-state index is 10.2. The Morgan fingerprint density at radius 3 is 2.65 bits per heavy atom. The van der Waals surface area contributed by atoms with Crippen molar-refractivity contribution >= 4 is 16.9 Å². The van der Waals surface area contributed by atoms with Gasteiger partial charge in [0, 0.05) is 12.6 Å². The van der Waals surface area contributed by atoms with E-state index in [1.807, 2.05) is 17.6 Å². The lowest BCUT2D eigenvalue weighted by atomic mass is 9.84. The maximum absolute atomic E-state index is 10.2. The number of pyridine rings is 1. The fourth-order valence-corrected chi connectivity index (χ4v) is 4.53. The second kappa shape index (κ2) is 9.99. The summed E-state index contributed by atoms with van der Waals surface area (Å²) in [4.78, 5) is 9.43. The van der Waals surface area contributed by atoms with E-state index in [0.29, 0.717) is 47.6 Å². The summed E-state index contributed by atoms with van der Waals surface area (Å²) in [6.45, 7) is 6.38. The molecular formula is C24H33N7O3. The number of aliphatic hydroxyl groups is 1. The highest BCUT2D eigenvalue weighted by Gasteiger charge is 2.27. The van der Waals surface area contributed by atoms with E-state index in [1.165, 1.54) is 19.3 Å². The highest BCUT2D eigenvalue weighted by Crippen LogP contribution is 2.33. The predicted octanol–water partition coefficient (Wildman–Crippen LogP) is 2.88. The molecule has 1 aliphatic rings. The molecule has 0 aliphatic heterocycles. The summed E-state index contributed by atoms with van der Waals surface area (Å²) in [5.41, 5.74) is 12.8. The Morgan fingerprint density at radius 2 is 2.03 bits per heavy atom. The molecule has 10 nitrogen and oxygen atoms in total. The first-order valence-corrected chi connectivity index (χ1v) is 11.9. The minimum absolute atomic E-state index is 0.0156. The van der Waals surface area contributed by atoms with Gasteiger partial charge in [-0.15, -0.1) is 0 Å². The van der Waals surface area contributed by atoms with Crippen molar-refractivity contribution in [3.05, 3.63) is 11.8 Å². The van der Waals surface area contributed by atoms with Crippen LogP contribution in [0.5, 0.6) is 5.88 Å². The van der Waals surface area contributed by atoms with Crippen LogP contribution in [0.15, 0.2) is 10.7 Å². The highest BCUT2D eigenvalue weighted by molar-refractivity contribution is 5.86. The quantitative estimate of drug-likeness (QED) is 0.445. The van der Waals surface area contributed by atoms with Crippen LogP contribution in [0, 0.1) is 17.8 Å². The van der Waals surface area contributed by atoms with E-state index < -0.39 is 5.60 Å². The number of imidazole rings is 1. The first-order valence-electron chi connectivity index (χ1n) is 11.9. The molecule has 1 saturated carbocycles. The molecule has 3 aromatic rings. The first kappa shape index (κ1) is 24.0. The Bertz CT molecular complexity index is 1190. The SMILES string of the molecule is CCn1c(-c2nonc2N)nc2c(C#CC(C)(C)O)nc(OC(CCN)C3CCCCC3)cc21. The maximum Gasteiger partial charge on any atom is 0.216 e. The monoisotopic (exact) mass is 467 g/mol. The molecule has 0 amide bonds. The number of fused-ring (bicyclic) bond motifs is 1. The van der Waals surface area contributed by atoms with E-state index in [0.717, 1.165) is 24.8 Å². The van der Waals surface area contributed by atoms with Crippen molar-refractivity contribution in [2.24, 2.45) is 11.7 Å². The lowest BCUT2D eigenvalue weighted by molar-refractivity contribution is 0.0970. The fourth-order valence-electron chi connectivity index (χ4n) is 4.53. The van der Waals surface area contributed by atoms with E-state index in [4.69, 9.17) is 30.8 Å². The van der Waals surface area contributed by atoms with Gasteiger partial charge in [0.25, 0.3) is 0 Å². The number of hydrogen-bond acceptors (Lipinski definition) is 9. The predicted molar refractivity (Wildman–Crippen MR) is 129 cm³/mol. The zero-order valence-electron chi connectivity index (χ0n) is 20.0. The summed E-state index contributed by atoms with van der Waals surface area (Å²) in [6.07, 6.45) is 6.70. The molecule has 0 spiro atoms. The van der Waals surface area contributed by atoms with Crippen LogP contribution in [0.1, 0.15) is 65.0 Å². The summed E-state index contributed by atoms with van der Waals surface area (Å²) in [7, 11) is 0. The normalized spacial score (nSPS) is 15.8. The Labute approximate surface area is 199 Å². The number of aryl methyl sites for hydroxylation is 1. The van der Waals surface area contributed by atoms with Gasteiger partial charge in [-0.05, 0) is 68.7 Å². The van der Waals surface area contributed by atoms with Gasteiger partial charge in [-0.3, -0.25) is 0 Å². The second-order valence-electron chi connectivity index (χ2n) is 9.30. The van der Waals surface area contributed by atoms with Gasteiger partial charge in [0.2, 0.25) is 5.88 Å². The lowest BCUT2D eigenvalue weighted by Crippen LogP contribution is -2.31. The molecule has 182 valence electrons. The van der Waals surface area contributed by atoms with Crippen LogP contribution < -0.4 is 16.2 Å². The molecule has 1 unspecified atom stereocenters. The third-order valence-corrected chi connectivity index (χ3v) is 6.14. The minimum Gasteiger partial charge on any atom is -0.474 e. The summed E-state index contributed by atoms with van der Waals surface area (Å²) in [5.74, 6) is 7.41. The second-order valence-corrected chi connectivity index (χ2v) is 9.30. The number of aromatic nitrogens is 5. The number of hydrogen-bond donors (Lipinski definition) is 3. The molecule has 3 aromatic heterocycles. The highest BCUT2D eigenvalue weighted by atomic mass is 16.6. The lowest BCUT2D eigenvalue weighted by Gasteiger charge is -2.30. The van der Waals surface area contributed by atoms with Crippen molar-refractivity contribution in [3.8, 4) is 29.2 Å². The van der Waals surface area contributed by atoms with Crippen LogP contribution in [-0.4, -0.2) is 48.2 Å². The van der Waals surface area contributed by atoms with Gasteiger partial charge in [0.1, 0.15) is 22.9 Å². The number of rotatable bonds is 7. The number of ether oxygens (including phenoxy) is 1. The number of nitrogens with zero attached hydrogens (tertiary/aromatic N) is 5. The molecule has 4 rings (SSSR count). The van der Waals surface area contributed by atoms with Crippen molar-refractivity contribution < 1.29 is 14.5 Å². The third kappa shape index (κ3) is 5.16. The van der Waals surface area contributed by atoms with Gasteiger partial charge in [0.15, 0.2) is 17.3 Å². The summed E-state index contributed by atoms with van der Waals surface area (Å²) in [5, 5.41) is 17.8. The average molecular weight is 468 g/mol. The van der Waals surface area contributed by atoms with E-state index in [1.54, 1.807) is 13.8 Å². The van der Waals surface area contributed by atoms with Crippen LogP contribution in [0.3, 0.4) is 0 Å². The minimum atomic E-state index is -1.19. The molecule has 10 heteroatoms. The van der Waals surface area contributed by atoms with E-state index in [9.17, 15) is 5.11 Å². The molecule has 5 N–H and O–H groups in total. The van der Waals surface area contributed by atoms with Crippen molar-refractivity contribution in [2.75, 3.05) is 12.3 Å². The van der Waals surface area contributed by atoms with Crippen molar-refractivity contribution in [2.45, 2.75) is 77.5 Å². The van der Waals surface area contributed by atoms with Gasteiger partial charge >= 0.3 is 0 Å². The topological polar surface area (TPSA) is 151 Å². The van der Waals surface area contributed by atoms with Crippen molar-refractivity contribution in [1.82, 2.24) is 24.8 Å². The molecule has 1 aliphatic carbocycles. The average Bonchev–Trinajstić information content (AvgIpc) is 3.40. The van der Waals surface area contributed by atoms with Crippen LogP contribution in [0.2, 0.25) is 0 Å². The van der Waals surface area contributed by atoms with Crippen LogP contribution in [0.4, 0.5) is 5.82 Å². The van der Waals surface area contributed by atoms with E-state index in [2.05, 4.69) is 22.2 Å². The molecule has 1 fully saturated rings. The largest absolute Gasteiger partial charge is 0.474 e. The summed E-state index contributed by atoms with van der Waals surface area (Å²) < 4.78 is 13.2. The standard InChI is InChI=1S/C24H33N7O3/c1-4-31-17-14-19(33-18(11-13-25)15-8-6-5-7-9-15)27-16(10-12-24(2,3)32)20(17)28-23(31)21-22(26)30-34-29-21/h14-15,18,32H,4-9,11,13,25H2,1-3H3,(H2,26,30). The molecule has 0 aromatic carbocycles. The third-order valence-electron chi connectivity index (χ3n) is 6.14. The number of nitrogen functional groups attached to an aromatic ring is 1. The first-order chi connectivity index (χ1) is 16.3. The number of anilines is 1. The summed E-state index contributed by atoms with van der Waals surface area (Å²) in [6, 6.07) is 1.88. The molecule has 0 bridgehead atoms.